The standard InChI is InChI=1S/C11H23N3O2/c1-3-9(10(12)13)14(2)8-11(15)4-6-16-7-5-11/h9,15H,3-8H2,1-2H3,(H3,12,13). The van der Waals surface area contributed by atoms with Crippen LogP contribution in [-0.4, -0.2) is 54.3 Å². The fourth-order valence-corrected chi connectivity index (χ4v) is 2.25. The Morgan fingerprint density at radius 2 is 2.12 bits per heavy atom. The van der Waals surface area contributed by atoms with Crippen molar-refractivity contribution in [1.82, 2.24) is 4.90 Å². The number of hydrogen-bond acceptors (Lipinski definition) is 4. The third-order valence-corrected chi connectivity index (χ3v) is 3.24. The summed E-state index contributed by atoms with van der Waals surface area (Å²) in [6, 6.07) is -0.0770. The molecule has 1 rings (SSSR count). The SMILES string of the molecule is CCC(C(=N)N)N(C)CC1(O)CCOCC1. The van der Waals surface area contributed by atoms with E-state index in [2.05, 4.69) is 0 Å². The Labute approximate surface area is 97.1 Å². The molecule has 0 amide bonds. The molecule has 1 atom stereocenters. The average Bonchev–Trinajstić information content (AvgIpc) is 2.18. The lowest BCUT2D eigenvalue weighted by atomic mass is 9.93. The molecule has 0 aliphatic carbocycles. The van der Waals surface area contributed by atoms with Gasteiger partial charge in [-0.25, -0.2) is 0 Å². The van der Waals surface area contributed by atoms with E-state index >= 15 is 0 Å². The van der Waals surface area contributed by atoms with Crippen molar-refractivity contribution in [2.24, 2.45) is 5.73 Å². The summed E-state index contributed by atoms with van der Waals surface area (Å²) in [5, 5.41) is 17.8. The van der Waals surface area contributed by atoms with Gasteiger partial charge in [-0.15, -0.1) is 0 Å². The molecule has 16 heavy (non-hydrogen) atoms. The van der Waals surface area contributed by atoms with E-state index in [0.717, 1.165) is 6.42 Å². The van der Waals surface area contributed by atoms with Gasteiger partial charge in [0, 0.05) is 32.6 Å². The highest BCUT2D eigenvalue weighted by Crippen LogP contribution is 2.22. The lowest BCUT2D eigenvalue weighted by Crippen LogP contribution is -2.51. The minimum Gasteiger partial charge on any atom is -0.388 e. The van der Waals surface area contributed by atoms with Gasteiger partial charge >= 0.3 is 0 Å². The van der Waals surface area contributed by atoms with Crippen molar-refractivity contribution in [1.29, 1.82) is 5.41 Å². The lowest BCUT2D eigenvalue weighted by molar-refractivity contribution is -0.0789. The van der Waals surface area contributed by atoms with Gasteiger partial charge < -0.3 is 15.6 Å². The number of ether oxygens (including phenoxy) is 1. The normalized spacial score (nSPS) is 22.0. The zero-order valence-electron chi connectivity index (χ0n) is 10.2. The van der Waals surface area contributed by atoms with Crippen molar-refractivity contribution in [3.63, 3.8) is 0 Å². The molecule has 4 N–H and O–H groups in total. The maximum atomic E-state index is 10.3. The Bertz CT molecular complexity index is 239. The second-order valence-electron chi connectivity index (χ2n) is 4.63. The highest BCUT2D eigenvalue weighted by atomic mass is 16.5. The summed E-state index contributed by atoms with van der Waals surface area (Å²) in [5.74, 6) is 0.167. The summed E-state index contributed by atoms with van der Waals surface area (Å²) in [6.07, 6.45) is 2.11. The van der Waals surface area contributed by atoms with Crippen LogP contribution in [-0.2, 0) is 4.74 Å². The molecule has 1 fully saturated rings. The number of rotatable bonds is 5. The largest absolute Gasteiger partial charge is 0.388 e. The molecule has 1 saturated heterocycles. The van der Waals surface area contributed by atoms with Crippen molar-refractivity contribution < 1.29 is 9.84 Å². The molecule has 0 saturated carbocycles. The van der Waals surface area contributed by atoms with Crippen molar-refractivity contribution >= 4 is 5.84 Å². The van der Waals surface area contributed by atoms with E-state index in [4.69, 9.17) is 15.9 Å². The molecule has 0 aromatic rings. The number of aliphatic hydroxyl groups is 1. The van der Waals surface area contributed by atoms with E-state index in [-0.39, 0.29) is 11.9 Å². The monoisotopic (exact) mass is 229 g/mol. The Balaban J connectivity index is 2.54. The van der Waals surface area contributed by atoms with Gasteiger partial charge in [-0.2, -0.15) is 0 Å². The second-order valence-corrected chi connectivity index (χ2v) is 4.63. The van der Waals surface area contributed by atoms with Crippen LogP contribution in [0.1, 0.15) is 26.2 Å². The van der Waals surface area contributed by atoms with E-state index in [1.807, 2.05) is 18.9 Å². The van der Waals surface area contributed by atoms with Crippen LogP contribution >= 0.6 is 0 Å². The maximum Gasteiger partial charge on any atom is 0.108 e. The molecule has 1 heterocycles. The summed E-state index contributed by atoms with van der Waals surface area (Å²) in [7, 11) is 1.91. The predicted octanol–water partition coefficient (Wildman–Crippen LogP) is 0.174. The van der Waals surface area contributed by atoms with Crippen LogP contribution in [0.4, 0.5) is 0 Å². The highest BCUT2D eigenvalue weighted by Gasteiger charge is 2.32. The molecule has 0 aromatic heterocycles. The third-order valence-electron chi connectivity index (χ3n) is 3.24. The van der Waals surface area contributed by atoms with Gasteiger partial charge in [0.1, 0.15) is 5.84 Å². The van der Waals surface area contributed by atoms with Crippen LogP contribution in [0.3, 0.4) is 0 Å². The number of nitrogens with zero attached hydrogens (tertiary/aromatic N) is 1. The zero-order chi connectivity index (χ0) is 12.2. The first-order chi connectivity index (χ1) is 7.48. The predicted molar refractivity (Wildman–Crippen MR) is 63.6 cm³/mol. The first-order valence-corrected chi connectivity index (χ1v) is 5.83. The Kier molecular flexibility index (Phi) is 4.70. The molecule has 1 unspecified atom stereocenters. The number of nitrogens with one attached hydrogen (secondary N) is 1. The number of nitrogens with two attached hydrogens (primary N) is 1. The summed E-state index contributed by atoms with van der Waals surface area (Å²) < 4.78 is 5.24. The van der Waals surface area contributed by atoms with E-state index in [1.54, 1.807) is 0 Å². The van der Waals surface area contributed by atoms with Gasteiger partial charge in [0.25, 0.3) is 0 Å². The summed E-state index contributed by atoms with van der Waals surface area (Å²) in [4.78, 5) is 1.97. The topological polar surface area (TPSA) is 82.6 Å². The van der Waals surface area contributed by atoms with Gasteiger partial charge in [-0.3, -0.25) is 10.3 Å². The van der Waals surface area contributed by atoms with Crippen molar-refractivity contribution in [3.8, 4) is 0 Å². The quantitative estimate of drug-likeness (QED) is 0.464. The smallest absolute Gasteiger partial charge is 0.108 e. The Morgan fingerprint density at radius 1 is 1.56 bits per heavy atom. The van der Waals surface area contributed by atoms with Crippen molar-refractivity contribution in [3.05, 3.63) is 0 Å². The first kappa shape index (κ1) is 13.4. The van der Waals surface area contributed by atoms with Gasteiger partial charge in [-0.05, 0) is 13.5 Å². The lowest BCUT2D eigenvalue weighted by Gasteiger charge is -2.38. The summed E-state index contributed by atoms with van der Waals surface area (Å²) >= 11 is 0. The first-order valence-electron chi connectivity index (χ1n) is 5.83. The molecular weight excluding hydrogens is 206 g/mol. The van der Waals surface area contributed by atoms with Gasteiger partial charge in [0.05, 0.1) is 11.6 Å². The molecule has 1 aliphatic heterocycles. The van der Waals surface area contributed by atoms with Gasteiger partial charge in [-0.1, -0.05) is 6.92 Å². The molecule has 0 aromatic carbocycles. The average molecular weight is 229 g/mol. The zero-order valence-corrected chi connectivity index (χ0v) is 10.2. The van der Waals surface area contributed by atoms with Gasteiger partial charge in [0.15, 0.2) is 0 Å². The Morgan fingerprint density at radius 3 is 2.56 bits per heavy atom. The minimum absolute atomic E-state index is 0.0770. The fourth-order valence-electron chi connectivity index (χ4n) is 2.25. The van der Waals surface area contributed by atoms with Crippen LogP contribution in [0, 0.1) is 5.41 Å². The van der Waals surface area contributed by atoms with E-state index in [9.17, 15) is 5.11 Å². The van der Waals surface area contributed by atoms with E-state index < -0.39 is 5.60 Å². The van der Waals surface area contributed by atoms with E-state index in [1.165, 1.54) is 0 Å². The summed E-state index contributed by atoms with van der Waals surface area (Å²) in [5.41, 5.74) is 4.85. The van der Waals surface area contributed by atoms with Crippen molar-refractivity contribution in [2.75, 3.05) is 26.8 Å². The van der Waals surface area contributed by atoms with Crippen LogP contribution in [0.25, 0.3) is 0 Å². The second kappa shape index (κ2) is 5.61. The molecule has 94 valence electrons. The Hall–Kier alpha value is -0.650. The van der Waals surface area contributed by atoms with Gasteiger partial charge in [0.2, 0.25) is 0 Å². The molecular formula is C11H23N3O2. The molecule has 0 radical (unpaired) electrons. The van der Waals surface area contributed by atoms with Crippen LogP contribution in [0.2, 0.25) is 0 Å². The number of likely N-dealkylation sites (N-methyl/N-ethyl adjacent to an activating group) is 1. The third kappa shape index (κ3) is 3.43. The van der Waals surface area contributed by atoms with E-state index in [0.29, 0.717) is 32.6 Å². The van der Waals surface area contributed by atoms with Crippen LogP contribution in [0.5, 0.6) is 0 Å². The number of amidine groups is 1. The molecule has 5 heteroatoms. The molecule has 0 bridgehead atoms. The molecule has 5 nitrogen and oxygen atoms in total. The fraction of sp³-hybridized carbons (Fsp3) is 0.909. The number of hydrogen-bond donors (Lipinski definition) is 3. The van der Waals surface area contributed by atoms with Crippen LogP contribution in [0.15, 0.2) is 0 Å². The van der Waals surface area contributed by atoms with Crippen molar-refractivity contribution in [2.45, 2.75) is 37.8 Å². The summed E-state index contributed by atoms with van der Waals surface area (Å²) in [6.45, 7) is 3.77. The molecule has 0 spiro atoms. The molecule has 1 aliphatic rings. The minimum atomic E-state index is -0.685. The maximum absolute atomic E-state index is 10.3. The van der Waals surface area contributed by atoms with Crippen LogP contribution < -0.4 is 5.73 Å². The highest BCUT2D eigenvalue weighted by molar-refractivity contribution is 5.82.